The van der Waals surface area contributed by atoms with Gasteiger partial charge in [0.15, 0.2) is 5.16 Å². The lowest BCUT2D eigenvalue weighted by Crippen LogP contribution is -2.16. The summed E-state index contributed by atoms with van der Waals surface area (Å²) in [6, 6.07) is 5.56. The number of aromatic nitrogens is 2. The van der Waals surface area contributed by atoms with E-state index in [0.29, 0.717) is 18.2 Å². The van der Waals surface area contributed by atoms with E-state index in [4.69, 9.17) is 21.1 Å². The number of nitrogens with zero attached hydrogens (tertiary/aromatic N) is 2. The van der Waals surface area contributed by atoms with E-state index in [2.05, 4.69) is 4.98 Å². The number of rotatable bonds is 6. The van der Waals surface area contributed by atoms with E-state index in [0.717, 1.165) is 16.2 Å². The van der Waals surface area contributed by atoms with Gasteiger partial charge >= 0.3 is 5.97 Å². The Balaban J connectivity index is 2.38. The number of imidazole rings is 1. The Hall–Kier alpha value is -1.24. The molecule has 2 aromatic rings. The molecule has 0 saturated carbocycles. The third-order valence-corrected chi connectivity index (χ3v) is 4.31. The van der Waals surface area contributed by atoms with Gasteiger partial charge in [0.1, 0.15) is 5.25 Å². The van der Waals surface area contributed by atoms with Crippen LogP contribution in [0, 0.1) is 0 Å². The molecule has 0 aliphatic rings. The quantitative estimate of drug-likeness (QED) is 0.602. The molecule has 2 rings (SSSR count). The minimum absolute atomic E-state index is 0.275. The van der Waals surface area contributed by atoms with Crippen molar-refractivity contribution in [2.45, 2.75) is 23.9 Å². The summed E-state index contributed by atoms with van der Waals surface area (Å²) in [5, 5.41) is 1.06. The molecular weight excluding hydrogens is 312 g/mol. The van der Waals surface area contributed by atoms with Gasteiger partial charge in [-0.3, -0.25) is 4.79 Å². The molecule has 0 N–H and O–H groups in total. The van der Waals surface area contributed by atoms with Crippen molar-refractivity contribution in [3.05, 3.63) is 23.2 Å². The molecule has 21 heavy (non-hydrogen) atoms. The lowest BCUT2D eigenvalue weighted by molar-refractivity contribution is -0.139. The molecule has 0 amide bonds. The summed E-state index contributed by atoms with van der Waals surface area (Å²) >= 11 is 7.37. The van der Waals surface area contributed by atoms with Gasteiger partial charge in [0.2, 0.25) is 0 Å². The topological polar surface area (TPSA) is 53.4 Å². The maximum atomic E-state index is 11.6. The van der Waals surface area contributed by atoms with E-state index in [9.17, 15) is 4.79 Å². The summed E-state index contributed by atoms with van der Waals surface area (Å²) in [6.45, 7) is 3.02. The van der Waals surface area contributed by atoms with E-state index in [-0.39, 0.29) is 11.2 Å². The number of benzene rings is 1. The molecular formula is C14H17ClN2O3S. The average Bonchev–Trinajstić information content (AvgIpc) is 2.80. The first kappa shape index (κ1) is 16.1. The van der Waals surface area contributed by atoms with Crippen LogP contribution in [0.25, 0.3) is 11.0 Å². The van der Waals surface area contributed by atoms with Gasteiger partial charge in [-0.1, -0.05) is 23.4 Å². The van der Waals surface area contributed by atoms with Crippen LogP contribution < -0.4 is 0 Å². The van der Waals surface area contributed by atoms with Crippen LogP contribution in [0.5, 0.6) is 0 Å². The minimum atomic E-state index is -0.330. The Kier molecular flexibility index (Phi) is 5.50. The minimum Gasteiger partial charge on any atom is -0.468 e. The highest BCUT2D eigenvalue weighted by Gasteiger charge is 2.19. The Morgan fingerprint density at radius 2 is 2.24 bits per heavy atom. The van der Waals surface area contributed by atoms with Gasteiger partial charge in [-0.25, -0.2) is 4.98 Å². The van der Waals surface area contributed by atoms with Gasteiger partial charge in [-0.05, 0) is 25.1 Å². The van der Waals surface area contributed by atoms with Crippen LogP contribution in [0.1, 0.15) is 6.92 Å². The fourth-order valence-electron chi connectivity index (χ4n) is 1.94. The van der Waals surface area contributed by atoms with Crippen molar-refractivity contribution >= 4 is 40.4 Å². The Labute approximate surface area is 132 Å². The number of hydrogen-bond acceptors (Lipinski definition) is 5. The summed E-state index contributed by atoms with van der Waals surface area (Å²) in [5.74, 6) is -0.275. The lowest BCUT2D eigenvalue weighted by Gasteiger charge is -2.11. The van der Waals surface area contributed by atoms with Crippen LogP contribution in [0.3, 0.4) is 0 Å². The molecule has 0 bridgehead atoms. The molecule has 0 aliphatic carbocycles. The highest BCUT2D eigenvalue weighted by molar-refractivity contribution is 8.00. The molecule has 1 heterocycles. The summed E-state index contributed by atoms with van der Waals surface area (Å²) in [6.07, 6.45) is 0. The zero-order valence-electron chi connectivity index (χ0n) is 12.1. The number of halogens is 1. The summed E-state index contributed by atoms with van der Waals surface area (Å²) in [7, 11) is 3.03. The van der Waals surface area contributed by atoms with Crippen molar-refractivity contribution in [3.63, 3.8) is 0 Å². The zero-order valence-corrected chi connectivity index (χ0v) is 13.7. The van der Waals surface area contributed by atoms with Gasteiger partial charge in [0.25, 0.3) is 0 Å². The van der Waals surface area contributed by atoms with Gasteiger partial charge < -0.3 is 14.0 Å². The van der Waals surface area contributed by atoms with E-state index in [1.165, 1.54) is 18.9 Å². The molecule has 0 radical (unpaired) electrons. The van der Waals surface area contributed by atoms with E-state index < -0.39 is 0 Å². The number of esters is 1. The maximum absolute atomic E-state index is 11.6. The normalized spacial score (nSPS) is 12.6. The third-order valence-electron chi connectivity index (χ3n) is 3.01. The molecule has 0 aliphatic heterocycles. The van der Waals surface area contributed by atoms with Crippen LogP contribution in [0.4, 0.5) is 0 Å². The van der Waals surface area contributed by atoms with Crippen molar-refractivity contribution in [2.24, 2.45) is 0 Å². The number of hydrogen-bond donors (Lipinski definition) is 0. The smallest absolute Gasteiger partial charge is 0.318 e. The molecule has 0 unspecified atom stereocenters. The Bertz CT molecular complexity index is 644. The second kappa shape index (κ2) is 7.15. The van der Waals surface area contributed by atoms with Crippen LogP contribution in [-0.4, -0.2) is 41.6 Å². The number of carbonyl (C=O) groups excluding carboxylic acids is 1. The van der Waals surface area contributed by atoms with Gasteiger partial charge in [-0.2, -0.15) is 0 Å². The highest BCUT2D eigenvalue weighted by Crippen LogP contribution is 2.29. The largest absolute Gasteiger partial charge is 0.468 e. The molecule has 5 nitrogen and oxygen atoms in total. The number of ether oxygens (including phenoxy) is 2. The lowest BCUT2D eigenvalue weighted by atomic mass is 10.3. The van der Waals surface area contributed by atoms with E-state index >= 15 is 0 Å². The molecule has 0 spiro atoms. The molecule has 0 saturated heterocycles. The molecule has 0 fully saturated rings. The SMILES string of the molecule is COCCn1c(S[C@@H](C)C(=O)OC)nc2cc(Cl)ccc21. The molecule has 114 valence electrons. The van der Waals surface area contributed by atoms with Crippen LogP contribution >= 0.6 is 23.4 Å². The number of methoxy groups -OCH3 is 2. The number of carbonyl (C=O) groups is 1. The molecule has 1 aromatic carbocycles. The molecule has 1 atom stereocenters. The fraction of sp³-hybridized carbons (Fsp3) is 0.429. The molecule has 7 heteroatoms. The maximum Gasteiger partial charge on any atom is 0.318 e. The molecule has 1 aromatic heterocycles. The highest BCUT2D eigenvalue weighted by atomic mass is 35.5. The van der Waals surface area contributed by atoms with E-state index in [1.54, 1.807) is 14.0 Å². The number of thioether (sulfide) groups is 1. The van der Waals surface area contributed by atoms with Crippen molar-refractivity contribution in [2.75, 3.05) is 20.8 Å². The second-order valence-electron chi connectivity index (χ2n) is 4.46. The van der Waals surface area contributed by atoms with Gasteiger partial charge in [-0.15, -0.1) is 0 Å². The van der Waals surface area contributed by atoms with Crippen molar-refractivity contribution in [1.29, 1.82) is 0 Å². The predicted octanol–water partition coefficient (Wildman–Crippen LogP) is 2.99. The average molecular weight is 329 g/mol. The summed E-state index contributed by atoms with van der Waals surface area (Å²) in [5.41, 5.74) is 1.77. The standard InChI is InChI=1S/C14H17ClN2O3S/c1-9(13(18)20-3)21-14-16-11-8-10(15)4-5-12(11)17(14)6-7-19-2/h4-5,8-9H,6-7H2,1-3H3/t9-/m0/s1. The van der Waals surface area contributed by atoms with Gasteiger partial charge in [0.05, 0.1) is 24.8 Å². The summed E-state index contributed by atoms with van der Waals surface area (Å²) < 4.78 is 11.9. The van der Waals surface area contributed by atoms with Crippen LogP contribution in [-0.2, 0) is 20.8 Å². The first-order chi connectivity index (χ1) is 10.1. The monoisotopic (exact) mass is 328 g/mol. The van der Waals surface area contributed by atoms with E-state index in [1.807, 2.05) is 22.8 Å². The fourth-order valence-corrected chi connectivity index (χ4v) is 3.08. The van der Waals surface area contributed by atoms with Crippen molar-refractivity contribution in [1.82, 2.24) is 9.55 Å². The third kappa shape index (κ3) is 3.70. The Morgan fingerprint density at radius 1 is 1.48 bits per heavy atom. The van der Waals surface area contributed by atoms with Crippen molar-refractivity contribution < 1.29 is 14.3 Å². The van der Waals surface area contributed by atoms with Crippen molar-refractivity contribution in [3.8, 4) is 0 Å². The first-order valence-electron chi connectivity index (χ1n) is 6.46. The Morgan fingerprint density at radius 3 is 2.90 bits per heavy atom. The first-order valence-corrected chi connectivity index (χ1v) is 7.71. The number of fused-ring (bicyclic) bond motifs is 1. The zero-order chi connectivity index (χ0) is 15.4. The summed E-state index contributed by atoms with van der Waals surface area (Å²) in [4.78, 5) is 16.1. The predicted molar refractivity (Wildman–Crippen MR) is 84.0 cm³/mol. The van der Waals surface area contributed by atoms with Crippen LogP contribution in [0.15, 0.2) is 23.4 Å². The second-order valence-corrected chi connectivity index (χ2v) is 6.20. The van der Waals surface area contributed by atoms with Gasteiger partial charge in [0, 0.05) is 18.7 Å². The van der Waals surface area contributed by atoms with Crippen LogP contribution in [0.2, 0.25) is 5.02 Å².